The van der Waals surface area contributed by atoms with Crippen molar-refractivity contribution in [3.05, 3.63) is 40.2 Å². The molecule has 2 amide bonds. The fourth-order valence-electron chi connectivity index (χ4n) is 3.58. The summed E-state index contributed by atoms with van der Waals surface area (Å²) in [4.78, 5) is 41.9. The molecule has 30 heavy (non-hydrogen) atoms. The number of aliphatic carboxylic acids is 1. The number of carbonyl (C=O) groups is 3. The van der Waals surface area contributed by atoms with Crippen molar-refractivity contribution in [3.63, 3.8) is 0 Å². The normalized spacial score (nSPS) is 20.7. The van der Waals surface area contributed by atoms with Crippen LogP contribution in [0.3, 0.4) is 0 Å². The first kappa shape index (κ1) is 21.8. The maximum absolute atomic E-state index is 12.5. The third-order valence-electron chi connectivity index (χ3n) is 4.85. The van der Waals surface area contributed by atoms with Crippen LogP contribution in [0, 0.1) is 6.92 Å². The molecule has 0 bridgehead atoms. The molecule has 2 unspecified atom stereocenters. The van der Waals surface area contributed by atoms with E-state index in [2.05, 4.69) is 4.98 Å². The van der Waals surface area contributed by atoms with Crippen LogP contribution in [0.2, 0.25) is 0 Å². The van der Waals surface area contributed by atoms with E-state index in [-0.39, 0.29) is 23.9 Å². The van der Waals surface area contributed by atoms with E-state index in [1.807, 2.05) is 17.2 Å². The number of hydrogen-bond acceptors (Lipinski definition) is 6. The molecule has 2 aromatic rings. The molecule has 8 nitrogen and oxygen atoms in total. The van der Waals surface area contributed by atoms with E-state index in [9.17, 15) is 22.8 Å². The first-order valence-corrected chi connectivity index (χ1v) is 9.81. The summed E-state index contributed by atoms with van der Waals surface area (Å²) >= 11 is 1.59. The summed E-state index contributed by atoms with van der Waals surface area (Å²) in [5.74, 6) is -2.44. The third kappa shape index (κ3) is 4.64. The predicted molar refractivity (Wildman–Crippen MR) is 97.6 cm³/mol. The van der Waals surface area contributed by atoms with Gasteiger partial charge in [-0.3, -0.25) is 9.59 Å². The summed E-state index contributed by atoms with van der Waals surface area (Å²) in [7, 11) is 0. The van der Waals surface area contributed by atoms with Gasteiger partial charge in [-0.2, -0.15) is 13.2 Å². The van der Waals surface area contributed by atoms with E-state index in [1.54, 1.807) is 28.4 Å². The van der Waals surface area contributed by atoms with Gasteiger partial charge in [-0.1, -0.05) is 0 Å². The maximum atomic E-state index is 12.5. The number of aromatic nitrogens is 1. The minimum Gasteiger partial charge on any atom is -0.475 e. The van der Waals surface area contributed by atoms with Crippen LogP contribution in [0.15, 0.2) is 28.2 Å². The number of rotatable bonds is 3. The van der Waals surface area contributed by atoms with Crippen molar-refractivity contribution in [1.82, 2.24) is 14.8 Å². The fourth-order valence-corrected chi connectivity index (χ4v) is 4.19. The minimum atomic E-state index is -5.08. The van der Waals surface area contributed by atoms with E-state index in [0.717, 1.165) is 17.1 Å². The smallest absolute Gasteiger partial charge is 0.475 e. The number of aryl methyl sites for hydroxylation is 1. The molecular formula is C18H18F3N3O5S. The Morgan fingerprint density at radius 1 is 1.37 bits per heavy atom. The zero-order chi connectivity index (χ0) is 22.1. The van der Waals surface area contributed by atoms with Crippen molar-refractivity contribution in [2.45, 2.75) is 44.6 Å². The van der Waals surface area contributed by atoms with Gasteiger partial charge in [0, 0.05) is 18.3 Å². The van der Waals surface area contributed by atoms with Crippen molar-refractivity contribution >= 4 is 29.1 Å². The molecular weight excluding hydrogens is 427 g/mol. The maximum Gasteiger partial charge on any atom is 0.490 e. The molecule has 2 aliphatic rings. The second-order valence-corrected chi connectivity index (χ2v) is 7.85. The van der Waals surface area contributed by atoms with E-state index in [1.165, 1.54) is 6.26 Å². The zero-order valence-electron chi connectivity index (χ0n) is 15.8. The van der Waals surface area contributed by atoms with E-state index in [4.69, 9.17) is 14.3 Å². The summed E-state index contributed by atoms with van der Waals surface area (Å²) in [6.45, 7) is 3.16. The molecule has 2 aromatic heterocycles. The number of halogens is 3. The summed E-state index contributed by atoms with van der Waals surface area (Å²) in [5, 5.41) is 10.1. The van der Waals surface area contributed by atoms with Crippen LogP contribution in [0.25, 0.3) is 0 Å². The number of fused-ring (bicyclic) bond motifs is 1. The summed E-state index contributed by atoms with van der Waals surface area (Å²) in [6, 6.07) is 3.41. The molecule has 2 atom stereocenters. The Kier molecular flexibility index (Phi) is 6.15. The van der Waals surface area contributed by atoms with E-state index >= 15 is 0 Å². The Morgan fingerprint density at radius 3 is 2.60 bits per heavy atom. The zero-order valence-corrected chi connectivity index (χ0v) is 16.6. The molecule has 4 heterocycles. The van der Waals surface area contributed by atoms with Gasteiger partial charge in [0.15, 0.2) is 5.76 Å². The number of carboxylic acids is 1. The van der Waals surface area contributed by atoms with Crippen molar-refractivity contribution in [2.75, 3.05) is 6.54 Å². The largest absolute Gasteiger partial charge is 0.490 e. The summed E-state index contributed by atoms with van der Waals surface area (Å²) < 4.78 is 36.9. The van der Waals surface area contributed by atoms with Crippen molar-refractivity contribution in [3.8, 4) is 0 Å². The molecule has 0 aliphatic carbocycles. The molecule has 0 saturated carbocycles. The van der Waals surface area contributed by atoms with Crippen molar-refractivity contribution in [2.24, 2.45) is 0 Å². The molecule has 0 spiro atoms. The lowest BCUT2D eigenvalue weighted by Crippen LogP contribution is -2.39. The van der Waals surface area contributed by atoms with Gasteiger partial charge in [0.1, 0.15) is 0 Å². The Labute approximate surface area is 172 Å². The highest BCUT2D eigenvalue weighted by Crippen LogP contribution is 2.34. The Morgan fingerprint density at radius 2 is 2.07 bits per heavy atom. The number of nitrogens with zero attached hydrogens (tertiary/aromatic N) is 3. The van der Waals surface area contributed by atoms with Crippen LogP contribution in [0.5, 0.6) is 0 Å². The molecule has 0 radical (unpaired) electrons. The van der Waals surface area contributed by atoms with Gasteiger partial charge in [-0.15, -0.1) is 11.3 Å². The lowest BCUT2D eigenvalue weighted by molar-refractivity contribution is -0.192. The number of alkyl halides is 3. The average molecular weight is 445 g/mol. The number of hydrogen-bond donors (Lipinski definition) is 1. The van der Waals surface area contributed by atoms with Gasteiger partial charge in [0.05, 0.1) is 35.6 Å². The number of carboxylic acid groups (broad SMARTS) is 1. The number of thiazole rings is 1. The van der Waals surface area contributed by atoms with Crippen LogP contribution in [0.4, 0.5) is 13.2 Å². The van der Waals surface area contributed by atoms with Gasteiger partial charge in [-0.05, 0) is 25.5 Å². The lowest BCUT2D eigenvalue weighted by atomic mass is 10.1. The number of amides is 2. The second kappa shape index (κ2) is 8.46. The topological polar surface area (TPSA) is 104 Å². The van der Waals surface area contributed by atoms with Crippen LogP contribution in [0.1, 0.15) is 34.1 Å². The first-order valence-electron chi connectivity index (χ1n) is 8.93. The Bertz CT molecular complexity index is 928. The molecule has 12 heteroatoms. The molecule has 162 valence electrons. The predicted octanol–water partition coefficient (Wildman–Crippen LogP) is 2.69. The quantitative estimate of drug-likeness (QED) is 0.779. The Hall–Kier alpha value is -2.89. The minimum absolute atomic E-state index is 0.0557. The Balaban J connectivity index is 0.000000318. The van der Waals surface area contributed by atoms with Gasteiger partial charge in [-0.25, -0.2) is 9.78 Å². The molecule has 2 aliphatic heterocycles. The summed E-state index contributed by atoms with van der Waals surface area (Å²) in [5.41, 5.74) is 0.928. The van der Waals surface area contributed by atoms with Crippen LogP contribution < -0.4 is 0 Å². The molecule has 4 rings (SSSR count). The molecule has 2 saturated heterocycles. The number of likely N-dealkylation sites (tertiary alicyclic amines) is 2. The van der Waals surface area contributed by atoms with Crippen molar-refractivity contribution in [1.29, 1.82) is 0 Å². The first-order chi connectivity index (χ1) is 14.1. The standard InChI is InChI=1S/C16H17N3O3S.C2HF3O2/c1-10-17-11(9-23-10)8-19-12-4-5-18(13(12)7-15(19)20)16(21)14-3-2-6-22-14;3-2(4,5)1(6)7/h2-3,6,9,12-13H,4-5,7-8H2,1H3;(H,6,7). The molecule has 1 N–H and O–H groups in total. The van der Waals surface area contributed by atoms with Crippen LogP contribution >= 0.6 is 11.3 Å². The summed E-state index contributed by atoms with van der Waals surface area (Å²) in [6.07, 6.45) is -2.39. The average Bonchev–Trinajstić information content (AvgIpc) is 3.42. The SMILES string of the molecule is Cc1nc(CN2C(=O)CC3C2CCN3C(=O)c2ccco2)cs1.O=C(O)C(F)(F)F. The lowest BCUT2D eigenvalue weighted by Gasteiger charge is -2.24. The van der Waals surface area contributed by atoms with Gasteiger partial charge < -0.3 is 19.3 Å². The van der Waals surface area contributed by atoms with E-state index < -0.39 is 12.1 Å². The monoisotopic (exact) mass is 445 g/mol. The molecule has 2 fully saturated rings. The van der Waals surface area contributed by atoms with Gasteiger partial charge >= 0.3 is 12.1 Å². The molecule has 0 aromatic carbocycles. The number of carbonyl (C=O) groups excluding carboxylic acids is 2. The van der Waals surface area contributed by atoms with Gasteiger partial charge in [0.25, 0.3) is 5.91 Å². The highest BCUT2D eigenvalue weighted by atomic mass is 32.1. The van der Waals surface area contributed by atoms with E-state index in [0.29, 0.717) is 25.3 Å². The highest BCUT2D eigenvalue weighted by molar-refractivity contribution is 7.09. The van der Waals surface area contributed by atoms with Crippen LogP contribution in [-0.4, -0.2) is 62.5 Å². The number of furan rings is 1. The highest BCUT2D eigenvalue weighted by Gasteiger charge is 2.48. The second-order valence-electron chi connectivity index (χ2n) is 6.79. The fraction of sp³-hybridized carbons (Fsp3) is 0.444. The van der Waals surface area contributed by atoms with Gasteiger partial charge in [0.2, 0.25) is 5.91 Å². The van der Waals surface area contributed by atoms with Crippen LogP contribution in [-0.2, 0) is 16.1 Å². The third-order valence-corrected chi connectivity index (χ3v) is 5.67. The van der Waals surface area contributed by atoms with Crippen molar-refractivity contribution < 1.29 is 37.1 Å².